The van der Waals surface area contributed by atoms with Crippen molar-refractivity contribution < 1.29 is 4.74 Å². The molecule has 1 unspecified atom stereocenters. The van der Waals surface area contributed by atoms with Crippen molar-refractivity contribution >= 4 is 0 Å². The van der Waals surface area contributed by atoms with Gasteiger partial charge in [-0.25, -0.2) is 0 Å². The normalized spacial score (nSPS) is 22.4. The molecule has 0 aliphatic heterocycles. The van der Waals surface area contributed by atoms with Crippen molar-refractivity contribution in [2.75, 3.05) is 7.11 Å². The van der Waals surface area contributed by atoms with E-state index in [2.05, 4.69) is 24.3 Å². The van der Waals surface area contributed by atoms with Gasteiger partial charge in [0.25, 0.3) is 0 Å². The number of aromatic nitrogens is 1. The summed E-state index contributed by atoms with van der Waals surface area (Å²) in [6, 6.07) is 4.21. The second-order valence-electron chi connectivity index (χ2n) is 6.71. The van der Waals surface area contributed by atoms with E-state index in [0.717, 1.165) is 19.3 Å². The number of nitrogens with one attached hydrogen (secondary N) is 1. The van der Waals surface area contributed by atoms with Gasteiger partial charge in [0.2, 0.25) is 0 Å². The van der Waals surface area contributed by atoms with E-state index in [9.17, 15) is 0 Å². The third-order valence-electron chi connectivity index (χ3n) is 4.88. The van der Waals surface area contributed by atoms with Gasteiger partial charge in [-0.3, -0.25) is 16.3 Å². The molecule has 3 N–H and O–H groups in total. The second-order valence-corrected chi connectivity index (χ2v) is 6.71. The molecule has 1 aromatic rings. The van der Waals surface area contributed by atoms with Gasteiger partial charge in [0.05, 0.1) is 11.6 Å². The number of methoxy groups -OCH3 is 1. The molecule has 1 heterocycles. The first-order valence-corrected chi connectivity index (χ1v) is 7.41. The molecule has 0 radical (unpaired) electrons. The molecule has 0 amide bonds. The van der Waals surface area contributed by atoms with Crippen LogP contribution in [0.2, 0.25) is 0 Å². The van der Waals surface area contributed by atoms with Crippen molar-refractivity contribution in [3.05, 3.63) is 30.1 Å². The number of ether oxygens (including phenoxy) is 1. The molecule has 0 bridgehead atoms. The Morgan fingerprint density at radius 1 is 1.25 bits per heavy atom. The molecule has 112 valence electrons. The van der Waals surface area contributed by atoms with Crippen LogP contribution in [0.25, 0.3) is 0 Å². The number of pyridine rings is 1. The minimum absolute atomic E-state index is 0.131. The number of hydrogen-bond donors (Lipinski definition) is 2. The molecular weight excluding hydrogens is 250 g/mol. The zero-order chi connectivity index (χ0) is 14.6. The standard InChI is InChI=1S/C16H27N3O/c1-15(2)6-8-16(20-3,9-7-15)14(19-17)12-13-4-10-18-11-5-13/h4-5,10-11,14,19H,6-9,12,17H2,1-3H3. The Kier molecular flexibility index (Phi) is 4.78. The quantitative estimate of drug-likeness (QED) is 0.641. The lowest BCUT2D eigenvalue weighted by Gasteiger charge is -2.46. The maximum absolute atomic E-state index is 5.94. The molecule has 0 saturated heterocycles. The van der Waals surface area contributed by atoms with Gasteiger partial charge in [-0.1, -0.05) is 13.8 Å². The van der Waals surface area contributed by atoms with Crippen LogP contribution in [0.4, 0.5) is 0 Å². The summed E-state index contributed by atoms with van der Waals surface area (Å²) in [5.74, 6) is 5.83. The number of nitrogens with two attached hydrogens (primary N) is 1. The fourth-order valence-corrected chi connectivity index (χ4v) is 3.20. The van der Waals surface area contributed by atoms with Gasteiger partial charge in [-0.15, -0.1) is 0 Å². The van der Waals surface area contributed by atoms with Crippen LogP contribution in [0.5, 0.6) is 0 Å². The predicted molar refractivity (Wildman–Crippen MR) is 81.0 cm³/mol. The summed E-state index contributed by atoms with van der Waals surface area (Å²) in [6.07, 6.45) is 8.98. The summed E-state index contributed by atoms with van der Waals surface area (Å²) in [5.41, 5.74) is 4.49. The SMILES string of the molecule is COC1(C(Cc2ccncc2)NN)CCC(C)(C)CC1. The predicted octanol–water partition coefficient (Wildman–Crippen LogP) is 2.44. The molecular formula is C16H27N3O. The smallest absolute Gasteiger partial charge is 0.0848 e. The lowest BCUT2D eigenvalue weighted by molar-refractivity contribution is -0.0862. The number of rotatable bonds is 5. The van der Waals surface area contributed by atoms with E-state index in [1.54, 1.807) is 0 Å². The average Bonchev–Trinajstić information content (AvgIpc) is 2.47. The van der Waals surface area contributed by atoms with Crippen molar-refractivity contribution in [3.63, 3.8) is 0 Å². The van der Waals surface area contributed by atoms with Crippen molar-refractivity contribution in [1.29, 1.82) is 0 Å². The number of nitrogens with zero attached hydrogens (tertiary/aromatic N) is 1. The fourth-order valence-electron chi connectivity index (χ4n) is 3.20. The van der Waals surface area contributed by atoms with E-state index in [4.69, 9.17) is 10.6 Å². The van der Waals surface area contributed by atoms with Gasteiger partial charge in [-0.2, -0.15) is 0 Å². The topological polar surface area (TPSA) is 60.2 Å². The maximum atomic E-state index is 5.94. The van der Waals surface area contributed by atoms with Gasteiger partial charge in [0, 0.05) is 19.5 Å². The molecule has 4 heteroatoms. The van der Waals surface area contributed by atoms with Crippen molar-refractivity contribution in [2.24, 2.45) is 11.3 Å². The van der Waals surface area contributed by atoms with Crippen molar-refractivity contribution in [1.82, 2.24) is 10.4 Å². The first-order chi connectivity index (χ1) is 9.51. The van der Waals surface area contributed by atoms with Gasteiger partial charge >= 0.3 is 0 Å². The molecule has 20 heavy (non-hydrogen) atoms. The Hall–Kier alpha value is -0.970. The van der Waals surface area contributed by atoms with Gasteiger partial charge in [0.15, 0.2) is 0 Å². The molecule has 0 spiro atoms. The molecule has 1 fully saturated rings. The molecule has 2 rings (SSSR count). The highest BCUT2D eigenvalue weighted by Crippen LogP contribution is 2.43. The van der Waals surface area contributed by atoms with E-state index in [1.165, 1.54) is 18.4 Å². The van der Waals surface area contributed by atoms with Crippen LogP contribution in [0.15, 0.2) is 24.5 Å². The third kappa shape index (κ3) is 3.37. The molecule has 1 aliphatic carbocycles. The lowest BCUT2D eigenvalue weighted by atomic mass is 9.68. The van der Waals surface area contributed by atoms with Crippen LogP contribution in [0.3, 0.4) is 0 Å². The maximum Gasteiger partial charge on any atom is 0.0848 e. The van der Waals surface area contributed by atoms with Crippen LogP contribution in [-0.4, -0.2) is 23.7 Å². The fraction of sp³-hybridized carbons (Fsp3) is 0.688. The molecule has 0 aromatic carbocycles. The van der Waals surface area contributed by atoms with Crippen LogP contribution in [-0.2, 0) is 11.2 Å². The molecule has 1 aliphatic rings. The number of hydrazine groups is 1. The van der Waals surface area contributed by atoms with Gasteiger partial charge in [0.1, 0.15) is 0 Å². The summed E-state index contributed by atoms with van der Waals surface area (Å²) in [4.78, 5) is 4.06. The van der Waals surface area contributed by atoms with Crippen LogP contribution in [0, 0.1) is 5.41 Å². The Morgan fingerprint density at radius 2 is 1.85 bits per heavy atom. The summed E-state index contributed by atoms with van der Waals surface area (Å²) in [6.45, 7) is 4.67. The summed E-state index contributed by atoms with van der Waals surface area (Å²) in [5, 5.41) is 0. The van der Waals surface area contributed by atoms with Crippen LogP contribution < -0.4 is 11.3 Å². The summed E-state index contributed by atoms with van der Waals surface area (Å²) in [7, 11) is 1.81. The monoisotopic (exact) mass is 277 g/mol. The highest BCUT2D eigenvalue weighted by Gasteiger charge is 2.43. The van der Waals surface area contributed by atoms with Gasteiger partial charge in [-0.05, 0) is 55.2 Å². The van der Waals surface area contributed by atoms with E-state index >= 15 is 0 Å². The van der Waals surface area contributed by atoms with E-state index in [-0.39, 0.29) is 11.6 Å². The molecule has 1 atom stereocenters. The third-order valence-corrected chi connectivity index (χ3v) is 4.88. The minimum atomic E-state index is -0.159. The van der Waals surface area contributed by atoms with Crippen LogP contribution >= 0.6 is 0 Å². The van der Waals surface area contributed by atoms with E-state index in [1.807, 2.05) is 31.6 Å². The first kappa shape index (κ1) is 15.4. The second kappa shape index (κ2) is 6.20. The lowest BCUT2D eigenvalue weighted by Crippen LogP contribution is -2.57. The Balaban J connectivity index is 2.12. The summed E-state index contributed by atoms with van der Waals surface area (Å²) >= 11 is 0. The Bertz CT molecular complexity index is 409. The van der Waals surface area contributed by atoms with E-state index < -0.39 is 0 Å². The van der Waals surface area contributed by atoms with Crippen molar-refractivity contribution in [3.8, 4) is 0 Å². The first-order valence-electron chi connectivity index (χ1n) is 7.41. The largest absolute Gasteiger partial charge is 0.377 e. The van der Waals surface area contributed by atoms with E-state index in [0.29, 0.717) is 5.41 Å². The average molecular weight is 277 g/mol. The highest BCUT2D eigenvalue weighted by atomic mass is 16.5. The zero-order valence-electron chi connectivity index (χ0n) is 12.9. The molecule has 4 nitrogen and oxygen atoms in total. The Morgan fingerprint density at radius 3 is 2.35 bits per heavy atom. The minimum Gasteiger partial charge on any atom is -0.377 e. The van der Waals surface area contributed by atoms with Crippen LogP contribution in [0.1, 0.15) is 45.1 Å². The summed E-state index contributed by atoms with van der Waals surface area (Å²) < 4.78 is 5.94. The highest BCUT2D eigenvalue weighted by molar-refractivity contribution is 5.14. The molecule has 1 aromatic heterocycles. The Labute approximate surface area is 122 Å². The molecule has 1 saturated carbocycles. The van der Waals surface area contributed by atoms with Crippen molar-refractivity contribution in [2.45, 2.75) is 57.6 Å². The number of hydrogen-bond acceptors (Lipinski definition) is 4. The van der Waals surface area contributed by atoms with Gasteiger partial charge < -0.3 is 4.74 Å². The zero-order valence-corrected chi connectivity index (χ0v) is 12.9.